The zero-order valence-electron chi connectivity index (χ0n) is 9.56. The van der Waals surface area contributed by atoms with Crippen molar-refractivity contribution in [3.05, 3.63) is 63.2 Å². The second-order valence-electron chi connectivity index (χ2n) is 3.66. The Bertz CT molecular complexity index is 595. The van der Waals surface area contributed by atoms with Crippen LogP contribution in [0.5, 0.6) is 5.75 Å². The Morgan fingerprint density at radius 2 is 2.11 bits per heavy atom. The molecule has 0 fully saturated rings. The van der Waals surface area contributed by atoms with E-state index in [1.165, 1.54) is 12.3 Å². The van der Waals surface area contributed by atoms with Gasteiger partial charge < -0.3 is 14.9 Å². The first-order chi connectivity index (χ1) is 8.70. The van der Waals surface area contributed by atoms with Gasteiger partial charge in [-0.15, -0.1) is 0 Å². The van der Waals surface area contributed by atoms with Crippen LogP contribution in [0.3, 0.4) is 0 Å². The summed E-state index contributed by atoms with van der Waals surface area (Å²) in [6.45, 7) is 0.395. The van der Waals surface area contributed by atoms with E-state index in [9.17, 15) is 4.79 Å². The summed E-state index contributed by atoms with van der Waals surface area (Å²) in [7, 11) is 0. The van der Waals surface area contributed by atoms with Crippen molar-refractivity contribution in [3.8, 4) is 5.75 Å². The average molecular weight is 266 g/mol. The highest BCUT2D eigenvalue weighted by Gasteiger charge is 2.05. The molecule has 1 aromatic heterocycles. The maximum Gasteiger partial charge on any atom is 0.227 e. The van der Waals surface area contributed by atoms with E-state index in [2.05, 4.69) is 0 Å². The number of hydrogen-bond acceptors (Lipinski definition) is 4. The van der Waals surface area contributed by atoms with Crippen molar-refractivity contribution in [1.29, 1.82) is 0 Å². The Balaban J connectivity index is 2.11. The van der Waals surface area contributed by atoms with Crippen LogP contribution in [0.4, 0.5) is 0 Å². The fourth-order valence-corrected chi connectivity index (χ4v) is 1.61. The molecule has 0 radical (unpaired) electrons. The van der Waals surface area contributed by atoms with Crippen LogP contribution in [-0.4, -0.2) is 0 Å². The van der Waals surface area contributed by atoms with Crippen LogP contribution in [0.1, 0.15) is 11.3 Å². The van der Waals surface area contributed by atoms with E-state index in [1.54, 1.807) is 6.07 Å². The lowest BCUT2D eigenvalue weighted by atomic mass is 10.2. The molecule has 0 aliphatic carbocycles. The van der Waals surface area contributed by atoms with E-state index in [0.717, 1.165) is 5.56 Å². The SMILES string of the molecule is NCc1cc(=O)c(OCc2ccccc2Cl)co1. The Morgan fingerprint density at radius 3 is 2.78 bits per heavy atom. The molecule has 0 spiro atoms. The van der Waals surface area contributed by atoms with Crippen LogP contribution in [0.25, 0.3) is 0 Å². The van der Waals surface area contributed by atoms with Crippen molar-refractivity contribution in [1.82, 2.24) is 0 Å². The van der Waals surface area contributed by atoms with Gasteiger partial charge in [0.05, 0.1) is 6.54 Å². The smallest absolute Gasteiger partial charge is 0.227 e. The monoisotopic (exact) mass is 265 g/mol. The van der Waals surface area contributed by atoms with Crippen LogP contribution >= 0.6 is 11.6 Å². The van der Waals surface area contributed by atoms with Crippen LogP contribution in [0, 0.1) is 0 Å². The van der Waals surface area contributed by atoms with Gasteiger partial charge in [0.25, 0.3) is 0 Å². The highest BCUT2D eigenvalue weighted by Crippen LogP contribution is 2.16. The van der Waals surface area contributed by atoms with Gasteiger partial charge >= 0.3 is 0 Å². The molecular weight excluding hydrogens is 254 g/mol. The summed E-state index contributed by atoms with van der Waals surface area (Å²) in [5.41, 5.74) is 5.91. The second kappa shape index (κ2) is 5.71. The summed E-state index contributed by atoms with van der Waals surface area (Å²) >= 11 is 5.98. The minimum Gasteiger partial charge on any atom is -0.482 e. The van der Waals surface area contributed by atoms with E-state index in [1.807, 2.05) is 18.2 Å². The quantitative estimate of drug-likeness (QED) is 0.921. The lowest BCUT2D eigenvalue weighted by Crippen LogP contribution is -2.09. The Labute approximate surface area is 109 Å². The molecule has 0 atom stereocenters. The van der Waals surface area contributed by atoms with E-state index in [0.29, 0.717) is 10.8 Å². The minimum atomic E-state index is -0.256. The molecular formula is C13H12ClNO3. The topological polar surface area (TPSA) is 65.5 Å². The molecule has 2 aromatic rings. The first kappa shape index (κ1) is 12.7. The van der Waals surface area contributed by atoms with Crippen molar-refractivity contribution in [2.45, 2.75) is 13.2 Å². The normalized spacial score (nSPS) is 10.3. The van der Waals surface area contributed by atoms with Gasteiger partial charge in [-0.05, 0) is 6.07 Å². The van der Waals surface area contributed by atoms with Gasteiger partial charge in [0, 0.05) is 16.7 Å². The van der Waals surface area contributed by atoms with Gasteiger partial charge in [-0.25, -0.2) is 0 Å². The Kier molecular flexibility index (Phi) is 4.02. The van der Waals surface area contributed by atoms with Crippen molar-refractivity contribution in [2.24, 2.45) is 5.73 Å². The second-order valence-corrected chi connectivity index (χ2v) is 4.07. The van der Waals surface area contributed by atoms with Gasteiger partial charge in [-0.1, -0.05) is 29.8 Å². The highest BCUT2D eigenvalue weighted by atomic mass is 35.5. The molecule has 5 heteroatoms. The zero-order chi connectivity index (χ0) is 13.0. The number of halogens is 1. The predicted molar refractivity (Wildman–Crippen MR) is 68.7 cm³/mol. The number of rotatable bonds is 4. The van der Waals surface area contributed by atoms with Gasteiger partial charge in [-0.2, -0.15) is 0 Å². The lowest BCUT2D eigenvalue weighted by Gasteiger charge is -2.06. The summed E-state index contributed by atoms with van der Waals surface area (Å²) in [6, 6.07) is 8.60. The molecule has 1 aromatic carbocycles. The molecule has 0 amide bonds. The molecule has 0 aliphatic rings. The van der Waals surface area contributed by atoms with E-state index in [4.69, 9.17) is 26.5 Å². The van der Waals surface area contributed by atoms with E-state index >= 15 is 0 Å². The largest absolute Gasteiger partial charge is 0.482 e. The summed E-state index contributed by atoms with van der Waals surface area (Å²) in [5, 5.41) is 0.598. The molecule has 2 N–H and O–H groups in total. The first-order valence-corrected chi connectivity index (χ1v) is 5.76. The van der Waals surface area contributed by atoms with Crippen molar-refractivity contribution in [2.75, 3.05) is 0 Å². The number of benzene rings is 1. The van der Waals surface area contributed by atoms with Crippen LogP contribution in [0.15, 0.2) is 45.8 Å². The molecule has 0 bridgehead atoms. The molecule has 0 unspecified atom stereocenters. The third-order valence-corrected chi connectivity index (χ3v) is 2.76. The molecule has 0 saturated heterocycles. The molecule has 0 saturated carbocycles. The van der Waals surface area contributed by atoms with Crippen LogP contribution < -0.4 is 15.9 Å². The van der Waals surface area contributed by atoms with E-state index < -0.39 is 0 Å². The number of ether oxygens (including phenoxy) is 1. The maximum absolute atomic E-state index is 11.6. The first-order valence-electron chi connectivity index (χ1n) is 5.38. The fourth-order valence-electron chi connectivity index (χ4n) is 1.42. The molecule has 18 heavy (non-hydrogen) atoms. The van der Waals surface area contributed by atoms with Crippen molar-refractivity contribution in [3.63, 3.8) is 0 Å². The third kappa shape index (κ3) is 2.91. The lowest BCUT2D eigenvalue weighted by molar-refractivity contribution is 0.290. The van der Waals surface area contributed by atoms with Gasteiger partial charge in [-0.3, -0.25) is 4.79 Å². The maximum atomic E-state index is 11.6. The Hall–Kier alpha value is -1.78. The van der Waals surface area contributed by atoms with Gasteiger partial charge in [0.1, 0.15) is 18.6 Å². The third-order valence-electron chi connectivity index (χ3n) is 2.39. The summed E-state index contributed by atoms with van der Waals surface area (Å²) in [5.74, 6) is 0.567. The summed E-state index contributed by atoms with van der Waals surface area (Å²) in [6.07, 6.45) is 1.27. The Morgan fingerprint density at radius 1 is 1.33 bits per heavy atom. The highest BCUT2D eigenvalue weighted by molar-refractivity contribution is 6.31. The fraction of sp³-hybridized carbons (Fsp3) is 0.154. The number of hydrogen-bond donors (Lipinski definition) is 1. The average Bonchev–Trinajstić information content (AvgIpc) is 2.39. The molecule has 94 valence electrons. The van der Waals surface area contributed by atoms with Crippen LogP contribution in [0.2, 0.25) is 5.02 Å². The summed E-state index contributed by atoms with van der Waals surface area (Å²) in [4.78, 5) is 11.6. The van der Waals surface area contributed by atoms with Crippen LogP contribution in [-0.2, 0) is 13.2 Å². The predicted octanol–water partition coefficient (Wildman–Crippen LogP) is 2.33. The van der Waals surface area contributed by atoms with Crippen molar-refractivity contribution >= 4 is 11.6 Å². The summed E-state index contributed by atoms with van der Waals surface area (Å²) < 4.78 is 10.5. The van der Waals surface area contributed by atoms with Gasteiger partial charge in [0.2, 0.25) is 11.2 Å². The molecule has 0 aliphatic heterocycles. The number of nitrogens with two attached hydrogens (primary N) is 1. The molecule has 1 heterocycles. The van der Waals surface area contributed by atoms with Crippen molar-refractivity contribution < 1.29 is 9.15 Å². The molecule has 2 rings (SSSR count). The molecule has 4 nitrogen and oxygen atoms in total. The minimum absolute atomic E-state index is 0.145. The van der Waals surface area contributed by atoms with Gasteiger partial charge in [0.15, 0.2) is 0 Å². The zero-order valence-corrected chi connectivity index (χ0v) is 10.3. The standard InChI is InChI=1S/C13H12ClNO3/c14-11-4-2-1-3-9(11)7-18-13-8-17-10(6-15)5-12(13)16/h1-5,8H,6-7,15H2. The van der Waals surface area contributed by atoms with E-state index in [-0.39, 0.29) is 24.3 Å².